The standard InChI is InChI=1S/C15H21N3O2/c1-20-13-4-2-12(3-5-13)17-15(14(16)19)10-18-8-6-11(15)7-9-18/h2-5,11,17H,6-10H2,1H3,(H2,16,19). The summed E-state index contributed by atoms with van der Waals surface area (Å²) in [6.45, 7) is 2.85. The molecule has 4 rings (SSSR count). The molecule has 0 aromatic heterocycles. The third-order valence-corrected chi connectivity index (χ3v) is 4.65. The molecule has 1 aromatic carbocycles. The van der Waals surface area contributed by atoms with Crippen molar-refractivity contribution in [3.63, 3.8) is 0 Å². The van der Waals surface area contributed by atoms with Crippen molar-refractivity contribution in [3.8, 4) is 5.75 Å². The molecule has 0 radical (unpaired) electrons. The number of nitrogens with one attached hydrogen (secondary N) is 1. The number of benzene rings is 1. The molecule has 3 aliphatic rings. The van der Waals surface area contributed by atoms with Crippen LogP contribution in [0.1, 0.15) is 12.8 Å². The molecule has 0 spiro atoms. The van der Waals surface area contributed by atoms with Gasteiger partial charge in [-0.25, -0.2) is 0 Å². The van der Waals surface area contributed by atoms with Crippen LogP contribution in [0.5, 0.6) is 5.75 Å². The van der Waals surface area contributed by atoms with Crippen LogP contribution in [0.15, 0.2) is 24.3 Å². The number of hydrogen-bond donors (Lipinski definition) is 2. The zero-order chi connectivity index (χ0) is 14.2. The Morgan fingerprint density at radius 1 is 1.35 bits per heavy atom. The molecule has 3 aliphatic heterocycles. The van der Waals surface area contributed by atoms with Gasteiger partial charge in [0.25, 0.3) is 0 Å². The normalized spacial score (nSPS) is 31.9. The summed E-state index contributed by atoms with van der Waals surface area (Å²) in [6, 6.07) is 7.64. The molecule has 3 heterocycles. The van der Waals surface area contributed by atoms with E-state index in [4.69, 9.17) is 10.5 Å². The zero-order valence-corrected chi connectivity index (χ0v) is 11.8. The third-order valence-electron chi connectivity index (χ3n) is 4.65. The van der Waals surface area contributed by atoms with Crippen molar-refractivity contribution >= 4 is 11.6 Å². The van der Waals surface area contributed by atoms with Gasteiger partial charge >= 0.3 is 0 Å². The number of hydrogen-bond acceptors (Lipinski definition) is 4. The van der Waals surface area contributed by atoms with Crippen molar-refractivity contribution in [1.82, 2.24) is 4.90 Å². The summed E-state index contributed by atoms with van der Waals surface area (Å²) < 4.78 is 5.15. The highest BCUT2D eigenvalue weighted by molar-refractivity contribution is 5.89. The van der Waals surface area contributed by atoms with Crippen LogP contribution >= 0.6 is 0 Å². The second-order valence-electron chi connectivity index (χ2n) is 5.74. The van der Waals surface area contributed by atoms with Crippen molar-refractivity contribution in [1.29, 1.82) is 0 Å². The molecule has 1 unspecified atom stereocenters. The van der Waals surface area contributed by atoms with Gasteiger partial charge in [-0.3, -0.25) is 4.79 Å². The highest BCUT2D eigenvalue weighted by Crippen LogP contribution is 2.38. The predicted octanol–water partition coefficient (Wildman–Crippen LogP) is 1.06. The van der Waals surface area contributed by atoms with Gasteiger partial charge in [0.2, 0.25) is 5.91 Å². The number of anilines is 1. The molecule has 5 nitrogen and oxygen atoms in total. The lowest BCUT2D eigenvalue weighted by Crippen LogP contribution is -2.68. The van der Waals surface area contributed by atoms with E-state index in [1.54, 1.807) is 7.11 Å². The van der Waals surface area contributed by atoms with Crippen LogP contribution in [0.2, 0.25) is 0 Å². The van der Waals surface area contributed by atoms with E-state index in [0.717, 1.165) is 37.4 Å². The quantitative estimate of drug-likeness (QED) is 0.862. The Morgan fingerprint density at radius 3 is 2.45 bits per heavy atom. The Kier molecular flexibility index (Phi) is 3.30. The van der Waals surface area contributed by atoms with E-state index >= 15 is 0 Å². The molecule has 5 heteroatoms. The Balaban J connectivity index is 1.86. The van der Waals surface area contributed by atoms with Crippen LogP contribution in [0.3, 0.4) is 0 Å². The Hall–Kier alpha value is -1.75. The number of ether oxygens (including phenoxy) is 1. The summed E-state index contributed by atoms with van der Waals surface area (Å²) >= 11 is 0. The van der Waals surface area contributed by atoms with Gasteiger partial charge < -0.3 is 20.7 Å². The van der Waals surface area contributed by atoms with Gasteiger partial charge in [0.1, 0.15) is 11.3 Å². The number of piperidine rings is 3. The monoisotopic (exact) mass is 275 g/mol. The minimum atomic E-state index is -0.634. The van der Waals surface area contributed by atoms with Crippen LogP contribution in [-0.4, -0.2) is 43.1 Å². The van der Waals surface area contributed by atoms with Gasteiger partial charge in [-0.1, -0.05) is 0 Å². The lowest BCUT2D eigenvalue weighted by Gasteiger charge is -2.52. The molecule has 1 aromatic rings. The number of rotatable bonds is 4. The number of amides is 1. The average Bonchev–Trinajstić information content (AvgIpc) is 2.49. The number of primary amides is 1. The molecule has 108 valence electrons. The van der Waals surface area contributed by atoms with E-state index in [-0.39, 0.29) is 5.91 Å². The molecule has 3 fully saturated rings. The lowest BCUT2D eigenvalue weighted by molar-refractivity contribution is -0.128. The number of methoxy groups -OCH3 is 1. The Morgan fingerprint density at radius 2 is 2.00 bits per heavy atom. The maximum atomic E-state index is 12.1. The number of carbonyl (C=O) groups excluding carboxylic acids is 1. The minimum Gasteiger partial charge on any atom is -0.497 e. The van der Waals surface area contributed by atoms with Gasteiger partial charge in [-0.2, -0.15) is 0 Å². The summed E-state index contributed by atoms with van der Waals surface area (Å²) in [7, 11) is 1.64. The molecule has 2 bridgehead atoms. The van der Waals surface area contributed by atoms with Crippen molar-refractivity contribution in [3.05, 3.63) is 24.3 Å². The Bertz CT molecular complexity index is 494. The fourth-order valence-electron chi connectivity index (χ4n) is 3.48. The van der Waals surface area contributed by atoms with Crippen molar-refractivity contribution in [2.75, 3.05) is 32.1 Å². The highest BCUT2D eigenvalue weighted by atomic mass is 16.5. The summed E-state index contributed by atoms with van der Waals surface area (Å²) in [4.78, 5) is 14.4. The predicted molar refractivity (Wildman–Crippen MR) is 77.7 cm³/mol. The molecule has 1 amide bonds. The second kappa shape index (κ2) is 4.98. The topological polar surface area (TPSA) is 67.6 Å². The van der Waals surface area contributed by atoms with Crippen LogP contribution in [0, 0.1) is 5.92 Å². The summed E-state index contributed by atoms with van der Waals surface area (Å²) in [5.74, 6) is 0.882. The Labute approximate surface area is 119 Å². The second-order valence-corrected chi connectivity index (χ2v) is 5.74. The molecule has 3 saturated heterocycles. The van der Waals surface area contributed by atoms with E-state index in [9.17, 15) is 4.79 Å². The van der Waals surface area contributed by atoms with Crippen LogP contribution < -0.4 is 15.8 Å². The summed E-state index contributed by atoms with van der Waals surface area (Å²) in [5, 5.41) is 3.40. The maximum absolute atomic E-state index is 12.1. The van der Waals surface area contributed by atoms with Crippen LogP contribution in [0.25, 0.3) is 0 Å². The van der Waals surface area contributed by atoms with Gasteiger partial charge in [-0.05, 0) is 56.1 Å². The smallest absolute Gasteiger partial charge is 0.244 e. The first-order chi connectivity index (χ1) is 9.64. The molecular weight excluding hydrogens is 254 g/mol. The lowest BCUT2D eigenvalue weighted by atomic mass is 9.72. The average molecular weight is 275 g/mol. The zero-order valence-electron chi connectivity index (χ0n) is 11.8. The van der Waals surface area contributed by atoms with Crippen LogP contribution in [-0.2, 0) is 4.79 Å². The fourth-order valence-corrected chi connectivity index (χ4v) is 3.48. The first kappa shape index (κ1) is 13.2. The van der Waals surface area contributed by atoms with E-state index in [1.807, 2.05) is 24.3 Å². The first-order valence-corrected chi connectivity index (χ1v) is 7.08. The highest BCUT2D eigenvalue weighted by Gasteiger charge is 2.50. The first-order valence-electron chi connectivity index (χ1n) is 7.08. The van der Waals surface area contributed by atoms with Gasteiger partial charge in [0, 0.05) is 12.2 Å². The van der Waals surface area contributed by atoms with Crippen molar-refractivity contribution in [2.45, 2.75) is 18.4 Å². The summed E-state index contributed by atoms with van der Waals surface area (Å²) in [6.07, 6.45) is 2.07. The van der Waals surface area contributed by atoms with E-state index in [2.05, 4.69) is 10.2 Å². The fraction of sp³-hybridized carbons (Fsp3) is 0.533. The molecule has 1 atom stereocenters. The van der Waals surface area contributed by atoms with Crippen molar-refractivity contribution in [2.24, 2.45) is 11.7 Å². The molecular formula is C15H21N3O2. The summed E-state index contributed by atoms with van der Waals surface area (Å²) in [5.41, 5.74) is 6.02. The van der Waals surface area contributed by atoms with Gasteiger partial charge in [0.05, 0.1) is 7.11 Å². The maximum Gasteiger partial charge on any atom is 0.244 e. The van der Waals surface area contributed by atoms with Crippen molar-refractivity contribution < 1.29 is 9.53 Å². The van der Waals surface area contributed by atoms with E-state index in [0.29, 0.717) is 12.5 Å². The minimum absolute atomic E-state index is 0.247. The van der Waals surface area contributed by atoms with E-state index in [1.165, 1.54) is 0 Å². The van der Waals surface area contributed by atoms with Gasteiger partial charge in [0.15, 0.2) is 0 Å². The largest absolute Gasteiger partial charge is 0.497 e. The SMILES string of the molecule is COc1ccc(NC2(C(N)=O)CN3CCC2CC3)cc1. The number of fused-ring (bicyclic) bond motifs is 3. The molecule has 20 heavy (non-hydrogen) atoms. The molecule has 0 saturated carbocycles. The van der Waals surface area contributed by atoms with Crippen LogP contribution in [0.4, 0.5) is 5.69 Å². The molecule has 3 N–H and O–H groups in total. The molecule has 0 aliphatic carbocycles. The number of carbonyl (C=O) groups is 1. The van der Waals surface area contributed by atoms with E-state index < -0.39 is 5.54 Å². The number of nitrogens with two attached hydrogens (primary N) is 1. The number of nitrogens with zero attached hydrogens (tertiary/aromatic N) is 1. The van der Waals surface area contributed by atoms with Gasteiger partial charge in [-0.15, -0.1) is 0 Å². The third kappa shape index (κ3) is 2.12.